The Morgan fingerprint density at radius 3 is 2.59 bits per heavy atom. The van der Waals surface area contributed by atoms with E-state index in [0.717, 1.165) is 53.8 Å². The minimum absolute atomic E-state index is 0.0245. The molecule has 1 aliphatic rings. The Morgan fingerprint density at radius 1 is 1.24 bits per heavy atom. The summed E-state index contributed by atoms with van der Waals surface area (Å²) in [6, 6.07) is 5.56. The van der Waals surface area contributed by atoms with Crippen LogP contribution in [-0.2, 0) is 9.53 Å². The molecule has 0 saturated carbocycles. The number of nitrogens with zero attached hydrogens (tertiary/aromatic N) is 3. The average molecular weight is 525 g/mol. The number of hydrogen-bond donors (Lipinski definition) is 1. The number of allylic oxidation sites excluding steroid dienone is 2. The van der Waals surface area contributed by atoms with Crippen LogP contribution >= 0.6 is 11.6 Å². The summed E-state index contributed by atoms with van der Waals surface area (Å²) >= 11 is 6.39. The number of nitrogens with one attached hydrogen (secondary N) is 1. The third-order valence-corrected chi connectivity index (χ3v) is 6.60. The van der Waals surface area contributed by atoms with Crippen LogP contribution in [0.4, 0.5) is 11.6 Å². The second kappa shape index (κ2) is 16.1. The Morgan fingerprint density at radius 2 is 1.97 bits per heavy atom. The number of aromatic nitrogens is 2. The van der Waals surface area contributed by atoms with E-state index in [-0.39, 0.29) is 5.78 Å². The Labute approximate surface area is 227 Å². The van der Waals surface area contributed by atoms with Crippen LogP contribution in [-0.4, -0.2) is 35.2 Å². The average Bonchev–Trinajstić information content (AvgIpc) is 2.89. The van der Waals surface area contributed by atoms with Gasteiger partial charge < -0.3 is 10.1 Å². The van der Waals surface area contributed by atoms with Gasteiger partial charge in [0.15, 0.2) is 5.78 Å². The summed E-state index contributed by atoms with van der Waals surface area (Å²) in [5, 5.41) is 3.79. The molecule has 1 aromatic carbocycles. The normalized spacial score (nSPS) is 14.9. The lowest BCUT2D eigenvalue weighted by atomic mass is 9.95. The molecule has 0 unspecified atom stereocenters. The quantitative estimate of drug-likeness (QED) is 0.264. The second-order valence-corrected chi connectivity index (χ2v) is 9.59. The molecule has 200 valence electrons. The van der Waals surface area contributed by atoms with Crippen molar-refractivity contribution in [2.75, 3.05) is 18.5 Å². The van der Waals surface area contributed by atoms with Crippen LogP contribution in [0.5, 0.6) is 0 Å². The second-order valence-electron chi connectivity index (χ2n) is 9.18. The highest BCUT2D eigenvalue weighted by Gasteiger charge is 2.11. The van der Waals surface area contributed by atoms with E-state index >= 15 is 0 Å². The smallest absolute Gasteiger partial charge is 0.227 e. The first-order chi connectivity index (χ1) is 17.8. The highest BCUT2D eigenvalue weighted by Crippen LogP contribution is 2.28. The molecule has 1 N–H and O–H groups in total. The van der Waals surface area contributed by atoms with E-state index in [2.05, 4.69) is 27.2 Å². The molecule has 2 aromatic rings. The molecule has 0 aliphatic carbocycles. The van der Waals surface area contributed by atoms with E-state index in [4.69, 9.17) is 16.3 Å². The Hall–Kier alpha value is -2.83. The standard InChI is InChI=1S/C22H25ClN4O.C8H16O/c1-6-9-24-20(7-2)21-8-10-25-22(27-21)26-18-12-17(11-14(3)16(5)28)15(4)19(23)13-18;1-2-3-8-4-6-9-7-5-8/h7-13H,6H2,1-5H3,(H,25,26,27);8H,2-7H2,1H3/b14-11+,20-7-,24-9?;. The predicted molar refractivity (Wildman–Crippen MR) is 157 cm³/mol. The minimum Gasteiger partial charge on any atom is -0.381 e. The zero-order chi connectivity index (χ0) is 27.2. The number of hydrogen-bond acceptors (Lipinski definition) is 6. The molecule has 0 atom stereocenters. The summed E-state index contributed by atoms with van der Waals surface area (Å²) in [4.78, 5) is 24.8. The summed E-state index contributed by atoms with van der Waals surface area (Å²) in [5.74, 6) is 1.45. The summed E-state index contributed by atoms with van der Waals surface area (Å²) in [7, 11) is 0. The van der Waals surface area contributed by atoms with Crippen molar-refractivity contribution >= 4 is 47.0 Å². The molecule has 0 spiro atoms. The van der Waals surface area contributed by atoms with Gasteiger partial charge in [0.05, 0.1) is 11.4 Å². The number of aliphatic imine (C=N–C) groups is 1. The number of benzene rings is 1. The van der Waals surface area contributed by atoms with Gasteiger partial charge in [0, 0.05) is 36.3 Å². The highest BCUT2D eigenvalue weighted by atomic mass is 35.5. The number of anilines is 2. The third-order valence-electron chi connectivity index (χ3n) is 6.21. The Balaban J connectivity index is 0.000000449. The molecule has 3 rings (SSSR count). The van der Waals surface area contributed by atoms with Gasteiger partial charge in [-0.2, -0.15) is 0 Å². The molecule has 0 radical (unpaired) electrons. The van der Waals surface area contributed by atoms with Crippen LogP contribution in [0.15, 0.2) is 41.0 Å². The Kier molecular flexibility index (Phi) is 13.2. The van der Waals surface area contributed by atoms with Gasteiger partial charge >= 0.3 is 0 Å². The van der Waals surface area contributed by atoms with Gasteiger partial charge in [0.2, 0.25) is 5.95 Å². The fourth-order valence-electron chi connectivity index (χ4n) is 3.87. The number of carbonyl (C=O) groups is 1. The zero-order valence-electron chi connectivity index (χ0n) is 23.1. The molecule has 2 heterocycles. The van der Waals surface area contributed by atoms with E-state index in [1.807, 2.05) is 57.3 Å². The van der Waals surface area contributed by atoms with Gasteiger partial charge in [-0.05, 0) is 93.9 Å². The molecule has 1 saturated heterocycles. The van der Waals surface area contributed by atoms with Crippen LogP contribution in [0.2, 0.25) is 5.02 Å². The van der Waals surface area contributed by atoms with Gasteiger partial charge in [-0.25, -0.2) is 9.97 Å². The maximum Gasteiger partial charge on any atom is 0.227 e. The molecule has 1 fully saturated rings. The van der Waals surface area contributed by atoms with Gasteiger partial charge in [-0.3, -0.25) is 9.79 Å². The Bertz CT molecular complexity index is 1120. The van der Waals surface area contributed by atoms with Gasteiger partial charge in [0.25, 0.3) is 0 Å². The fraction of sp³-hybridized carbons (Fsp3) is 0.467. The van der Waals surface area contributed by atoms with Crippen molar-refractivity contribution in [3.63, 3.8) is 0 Å². The first kappa shape index (κ1) is 30.4. The predicted octanol–water partition coefficient (Wildman–Crippen LogP) is 8.23. The van der Waals surface area contributed by atoms with Crippen molar-refractivity contribution in [1.82, 2.24) is 9.97 Å². The SMILES string of the molecule is C/C=C(\N=CCC)c1ccnc(Nc2cc(Cl)c(C)c(/C=C(\C)C(C)=O)c2)n1.CCCC1CCOCC1. The number of carbonyl (C=O) groups excluding carboxylic acids is 1. The third kappa shape index (κ3) is 10.2. The maximum absolute atomic E-state index is 11.6. The molecule has 0 amide bonds. The largest absolute Gasteiger partial charge is 0.381 e. The minimum atomic E-state index is 0.0245. The number of ketones is 1. The lowest BCUT2D eigenvalue weighted by molar-refractivity contribution is -0.113. The summed E-state index contributed by atoms with van der Waals surface area (Å²) in [6.07, 6.45) is 13.5. The molecule has 1 aromatic heterocycles. The molecular weight excluding hydrogens is 484 g/mol. The molecule has 1 aliphatic heterocycles. The monoisotopic (exact) mass is 524 g/mol. The van der Waals surface area contributed by atoms with Crippen LogP contribution in [0.1, 0.15) is 83.5 Å². The summed E-state index contributed by atoms with van der Waals surface area (Å²) < 4.78 is 5.25. The first-order valence-corrected chi connectivity index (χ1v) is 13.5. The lowest BCUT2D eigenvalue weighted by Crippen LogP contribution is -2.14. The van der Waals surface area contributed by atoms with Crippen molar-refractivity contribution < 1.29 is 9.53 Å². The number of rotatable bonds is 9. The molecule has 7 heteroatoms. The molecule has 0 bridgehead atoms. The lowest BCUT2D eigenvalue weighted by Gasteiger charge is -2.20. The van der Waals surface area contributed by atoms with E-state index in [0.29, 0.717) is 16.5 Å². The van der Waals surface area contributed by atoms with Crippen molar-refractivity contribution in [1.29, 1.82) is 0 Å². The van der Waals surface area contributed by atoms with Gasteiger partial charge in [0.1, 0.15) is 0 Å². The van der Waals surface area contributed by atoms with Crippen molar-refractivity contribution in [2.45, 2.75) is 73.6 Å². The number of ether oxygens (including phenoxy) is 1. The van der Waals surface area contributed by atoms with E-state index in [1.165, 1.54) is 25.7 Å². The first-order valence-electron chi connectivity index (χ1n) is 13.1. The van der Waals surface area contributed by atoms with E-state index < -0.39 is 0 Å². The van der Waals surface area contributed by atoms with Crippen LogP contribution in [0.25, 0.3) is 11.8 Å². The summed E-state index contributed by atoms with van der Waals surface area (Å²) in [5.41, 5.74) is 4.72. The number of Topliss-reactive ketones (excluding diaryl/α,β-unsaturated/α-hetero) is 1. The molecular formula is C30H41ClN4O2. The van der Waals surface area contributed by atoms with Crippen molar-refractivity contribution in [3.8, 4) is 0 Å². The highest BCUT2D eigenvalue weighted by molar-refractivity contribution is 6.31. The fourth-order valence-corrected chi connectivity index (χ4v) is 4.10. The molecule has 6 nitrogen and oxygen atoms in total. The summed E-state index contributed by atoms with van der Waals surface area (Å²) in [6.45, 7) is 13.5. The van der Waals surface area contributed by atoms with Gasteiger partial charge in [-0.1, -0.05) is 44.4 Å². The number of halogens is 1. The van der Waals surface area contributed by atoms with Crippen LogP contribution in [0, 0.1) is 12.8 Å². The van der Waals surface area contributed by atoms with E-state index in [1.54, 1.807) is 20.0 Å². The zero-order valence-corrected chi connectivity index (χ0v) is 23.9. The maximum atomic E-state index is 11.6. The van der Waals surface area contributed by atoms with Crippen molar-refractivity contribution in [3.05, 3.63) is 57.9 Å². The topological polar surface area (TPSA) is 76.5 Å². The van der Waals surface area contributed by atoms with Gasteiger partial charge in [-0.15, -0.1) is 0 Å². The van der Waals surface area contributed by atoms with Crippen LogP contribution < -0.4 is 5.32 Å². The van der Waals surface area contributed by atoms with E-state index in [9.17, 15) is 4.79 Å². The van der Waals surface area contributed by atoms with Crippen molar-refractivity contribution in [2.24, 2.45) is 10.9 Å². The van der Waals surface area contributed by atoms with Crippen LogP contribution in [0.3, 0.4) is 0 Å². The molecule has 37 heavy (non-hydrogen) atoms.